The second-order valence-electron chi connectivity index (χ2n) is 19.2. The van der Waals surface area contributed by atoms with Crippen molar-refractivity contribution in [3.05, 3.63) is 36.5 Å². The molecule has 0 aromatic carbocycles. The van der Waals surface area contributed by atoms with Gasteiger partial charge in [0, 0.05) is 19.3 Å². The third-order valence-electron chi connectivity index (χ3n) is 12.6. The van der Waals surface area contributed by atoms with Crippen LogP contribution in [-0.4, -0.2) is 37.2 Å². The maximum atomic E-state index is 12.7. The van der Waals surface area contributed by atoms with Gasteiger partial charge < -0.3 is 14.2 Å². The van der Waals surface area contributed by atoms with Crippen molar-refractivity contribution >= 4 is 17.9 Å². The van der Waals surface area contributed by atoms with E-state index in [0.717, 1.165) is 70.6 Å². The Hall–Kier alpha value is -2.37. The Kier molecular flexibility index (Phi) is 52.3. The lowest BCUT2D eigenvalue weighted by molar-refractivity contribution is -0.167. The summed E-state index contributed by atoms with van der Waals surface area (Å²) in [6.45, 7) is 6.59. The topological polar surface area (TPSA) is 78.9 Å². The molecule has 0 N–H and O–H groups in total. The molecule has 0 aliphatic heterocycles. The summed E-state index contributed by atoms with van der Waals surface area (Å²) in [5.74, 6) is -0.865. The molecule has 6 heteroatoms. The molecule has 1 unspecified atom stereocenters. The van der Waals surface area contributed by atoms with E-state index in [0.29, 0.717) is 19.3 Å². The van der Waals surface area contributed by atoms with E-state index < -0.39 is 6.10 Å². The number of unbranched alkanes of at least 4 members (excludes halogenated alkanes) is 35. The first-order valence-electron chi connectivity index (χ1n) is 28.5. The van der Waals surface area contributed by atoms with Gasteiger partial charge in [-0.25, -0.2) is 0 Å². The Morgan fingerprint density at radius 2 is 0.554 bits per heavy atom. The van der Waals surface area contributed by atoms with Gasteiger partial charge in [-0.2, -0.15) is 0 Å². The molecule has 0 aromatic rings. The van der Waals surface area contributed by atoms with Gasteiger partial charge in [0.15, 0.2) is 6.10 Å². The minimum atomic E-state index is -0.762. The van der Waals surface area contributed by atoms with E-state index >= 15 is 0 Å². The molecule has 0 amide bonds. The van der Waals surface area contributed by atoms with E-state index in [1.165, 1.54) is 193 Å². The summed E-state index contributed by atoms with van der Waals surface area (Å²) in [5, 5.41) is 0. The van der Waals surface area contributed by atoms with Crippen LogP contribution < -0.4 is 0 Å². The van der Waals surface area contributed by atoms with Gasteiger partial charge in [-0.3, -0.25) is 14.4 Å². The molecule has 380 valence electrons. The molecule has 0 aliphatic carbocycles. The summed E-state index contributed by atoms with van der Waals surface area (Å²) >= 11 is 0. The average molecular weight is 914 g/mol. The molecule has 6 nitrogen and oxygen atoms in total. The maximum absolute atomic E-state index is 12.7. The molecule has 65 heavy (non-hydrogen) atoms. The molecule has 0 fully saturated rings. The summed E-state index contributed by atoms with van der Waals surface area (Å²) < 4.78 is 16.7. The van der Waals surface area contributed by atoms with Crippen molar-refractivity contribution in [1.29, 1.82) is 0 Å². The molecule has 0 rings (SSSR count). The van der Waals surface area contributed by atoms with Gasteiger partial charge in [-0.05, 0) is 57.8 Å². The van der Waals surface area contributed by atoms with Crippen molar-refractivity contribution in [2.75, 3.05) is 13.2 Å². The lowest BCUT2D eigenvalue weighted by Crippen LogP contribution is -2.30. The summed E-state index contributed by atoms with van der Waals surface area (Å²) in [7, 11) is 0. The van der Waals surface area contributed by atoms with Crippen molar-refractivity contribution in [3.63, 3.8) is 0 Å². The minimum absolute atomic E-state index is 0.0676. The fraction of sp³-hybridized carbons (Fsp3) is 0.847. The van der Waals surface area contributed by atoms with Crippen LogP contribution in [0.3, 0.4) is 0 Å². The molecular formula is C59H108O6. The van der Waals surface area contributed by atoms with Crippen molar-refractivity contribution in [3.8, 4) is 0 Å². The molecule has 0 bridgehead atoms. The zero-order valence-corrected chi connectivity index (χ0v) is 43.5. The van der Waals surface area contributed by atoms with E-state index in [-0.39, 0.29) is 31.1 Å². The Morgan fingerprint density at radius 3 is 0.862 bits per heavy atom. The van der Waals surface area contributed by atoms with Gasteiger partial charge >= 0.3 is 17.9 Å². The third kappa shape index (κ3) is 52.5. The lowest BCUT2D eigenvalue weighted by atomic mass is 10.0. The van der Waals surface area contributed by atoms with Crippen LogP contribution >= 0.6 is 0 Å². The zero-order valence-electron chi connectivity index (χ0n) is 43.5. The van der Waals surface area contributed by atoms with Crippen molar-refractivity contribution in [2.24, 2.45) is 0 Å². The Morgan fingerprint density at radius 1 is 0.308 bits per heavy atom. The van der Waals surface area contributed by atoms with Crippen LogP contribution in [-0.2, 0) is 28.6 Å². The second-order valence-corrected chi connectivity index (χ2v) is 19.2. The molecule has 1 atom stereocenters. The van der Waals surface area contributed by atoms with Crippen LogP contribution in [0.15, 0.2) is 36.5 Å². The number of carbonyl (C=O) groups excluding carboxylic acids is 3. The van der Waals surface area contributed by atoms with Crippen molar-refractivity contribution in [1.82, 2.24) is 0 Å². The molecule has 0 aromatic heterocycles. The zero-order chi connectivity index (χ0) is 47.2. The quantitative estimate of drug-likeness (QED) is 0.0262. The van der Waals surface area contributed by atoms with Crippen molar-refractivity contribution < 1.29 is 28.6 Å². The van der Waals surface area contributed by atoms with Gasteiger partial charge in [0.2, 0.25) is 0 Å². The van der Waals surface area contributed by atoms with Gasteiger partial charge in [0.25, 0.3) is 0 Å². The molecule has 0 spiro atoms. The smallest absolute Gasteiger partial charge is 0.306 e. The minimum Gasteiger partial charge on any atom is -0.462 e. The standard InChI is InChI=1S/C59H108O6/c1-4-7-10-13-16-18-19-20-21-22-23-24-25-26-27-28-29-30-31-32-33-34-35-36-37-38-39-41-43-46-49-52-58(61)64-55-56(54-63-57(60)51-48-45-42-15-12-9-6-3)65-59(62)53-50-47-44-40-17-14-11-8-5-2/h19-20,22-23,25-26,56H,4-18,21,24,27-55H2,1-3H3/b20-19-,23-22-,26-25-. The highest BCUT2D eigenvalue weighted by atomic mass is 16.6. The highest BCUT2D eigenvalue weighted by Crippen LogP contribution is 2.16. The first kappa shape index (κ1) is 62.6. The Bertz CT molecular complexity index is 1090. The first-order chi connectivity index (χ1) is 32.0. The molecular weight excluding hydrogens is 805 g/mol. The SMILES string of the molecule is CCCCCCC/C=C\C/C=C\C/C=C\CCCCCCCCCCCCCCCCCCC(=O)OCC(COC(=O)CCCCCCCCC)OC(=O)CCCCCCCCCCC. The summed E-state index contributed by atoms with van der Waals surface area (Å²) in [4.78, 5) is 37.7. The summed E-state index contributed by atoms with van der Waals surface area (Å²) in [5.41, 5.74) is 0. The number of hydrogen-bond donors (Lipinski definition) is 0. The van der Waals surface area contributed by atoms with E-state index in [2.05, 4.69) is 57.2 Å². The van der Waals surface area contributed by atoms with Gasteiger partial charge in [-0.15, -0.1) is 0 Å². The van der Waals surface area contributed by atoms with Crippen molar-refractivity contribution in [2.45, 2.75) is 309 Å². The summed E-state index contributed by atoms with van der Waals surface area (Å²) in [6, 6.07) is 0. The highest BCUT2D eigenvalue weighted by Gasteiger charge is 2.19. The third-order valence-corrected chi connectivity index (χ3v) is 12.6. The van der Waals surface area contributed by atoms with Crippen LogP contribution in [0, 0.1) is 0 Å². The largest absolute Gasteiger partial charge is 0.462 e. The van der Waals surface area contributed by atoms with Crippen LogP contribution in [0.2, 0.25) is 0 Å². The molecule has 0 aliphatic rings. The number of ether oxygens (including phenoxy) is 3. The van der Waals surface area contributed by atoms with Crippen LogP contribution in [0.4, 0.5) is 0 Å². The van der Waals surface area contributed by atoms with Crippen LogP contribution in [0.5, 0.6) is 0 Å². The molecule has 0 saturated carbocycles. The average Bonchev–Trinajstić information content (AvgIpc) is 3.30. The van der Waals surface area contributed by atoms with E-state index in [4.69, 9.17) is 14.2 Å². The number of rotatable bonds is 52. The maximum Gasteiger partial charge on any atom is 0.306 e. The number of allylic oxidation sites excluding steroid dienone is 6. The van der Waals surface area contributed by atoms with Gasteiger partial charge in [-0.1, -0.05) is 263 Å². The fourth-order valence-corrected chi connectivity index (χ4v) is 8.33. The Labute approximate surface area is 404 Å². The predicted molar refractivity (Wildman–Crippen MR) is 279 cm³/mol. The highest BCUT2D eigenvalue weighted by molar-refractivity contribution is 5.71. The van der Waals surface area contributed by atoms with E-state index in [9.17, 15) is 14.4 Å². The van der Waals surface area contributed by atoms with Gasteiger partial charge in [0.1, 0.15) is 13.2 Å². The molecule has 0 saturated heterocycles. The normalized spacial score (nSPS) is 12.2. The van der Waals surface area contributed by atoms with Gasteiger partial charge in [0.05, 0.1) is 0 Å². The lowest BCUT2D eigenvalue weighted by Gasteiger charge is -2.18. The molecule has 0 heterocycles. The molecule has 0 radical (unpaired) electrons. The monoisotopic (exact) mass is 913 g/mol. The predicted octanol–water partition coefficient (Wildman–Crippen LogP) is 18.9. The van der Waals surface area contributed by atoms with Crippen LogP contribution in [0.25, 0.3) is 0 Å². The number of carbonyl (C=O) groups is 3. The number of esters is 3. The fourth-order valence-electron chi connectivity index (χ4n) is 8.33. The second kappa shape index (κ2) is 54.2. The van der Waals surface area contributed by atoms with E-state index in [1.54, 1.807) is 0 Å². The van der Waals surface area contributed by atoms with Crippen LogP contribution in [0.1, 0.15) is 303 Å². The number of hydrogen-bond acceptors (Lipinski definition) is 6. The summed E-state index contributed by atoms with van der Waals surface area (Å²) in [6.07, 6.45) is 64.7. The first-order valence-corrected chi connectivity index (χ1v) is 28.5. The van der Waals surface area contributed by atoms with E-state index in [1.807, 2.05) is 0 Å². The Balaban J connectivity index is 3.92.